The van der Waals surface area contributed by atoms with Crippen LogP contribution < -0.4 is 14.8 Å². The van der Waals surface area contributed by atoms with Crippen molar-refractivity contribution in [2.24, 2.45) is 0 Å². The summed E-state index contributed by atoms with van der Waals surface area (Å²) < 4.78 is 67.7. The number of nitrogens with zero attached hydrogens (tertiary/aromatic N) is 2. The average Bonchev–Trinajstić information content (AvgIpc) is 3.16. The highest BCUT2D eigenvalue weighted by Crippen LogP contribution is 2.65. The smallest absolute Gasteiger partial charge is 0.487 e. The van der Waals surface area contributed by atoms with E-state index in [4.69, 9.17) is 21.1 Å². The molecule has 0 radical (unpaired) electrons. The zero-order valence-electron chi connectivity index (χ0n) is 18.7. The maximum Gasteiger partial charge on any atom is 0.522 e. The molecule has 1 aliphatic heterocycles. The van der Waals surface area contributed by atoms with Crippen LogP contribution in [0.1, 0.15) is 50.2 Å². The van der Waals surface area contributed by atoms with E-state index in [1.165, 1.54) is 12.3 Å². The molecule has 0 unspecified atom stereocenters. The summed E-state index contributed by atoms with van der Waals surface area (Å²) in [4.78, 5) is 12.9. The van der Waals surface area contributed by atoms with Gasteiger partial charge in [-0.2, -0.15) is 5.10 Å². The van der Waals surface area contributed by atoms with Crippen LogP contribution in [0.25, 0.3) is 0 Å². The van der Waals surface area contributed by atoms with E-state index in [2.05, 4.69) is 15.2 Å². The number of rotatable bonds is 6. The van der Waals surface area contributed by atoms with Crippen LogP contribution in [0.2, 0.25) is 5.02 Å². The molecule has 2 N–H and O–H groups in total. The number of alkyl halides is 3. The molecule has 1 aromatic heterocycles. The summed E-state index contributed by atoms with van der Waals surface area (Å²) in [6.45, 7) is 0. The van der Waals surface area contributed by atoms with E-state index in [1.54, 1.807) is 10.9 Å². The van der Waals surface area contributed by atoms with E-state index in [-0.39, 0.29) is 47.6 Å². The van der Waals surface area contributed by atoms with E-state index < -0.39 is 36.0 Å². The van der Waals surface area contributed by atoms with Gasteiger partial charge in [-0.05, 0) is 25.3 Å². The molecule has 7 rings (SSSR count). The van der Waals surface area contributed by atoms with Crippen LogP contribution in [0.4, 0.5) is 17.6 Å². The maximum absolute atomic E-state index is 13.8. The van der Waals surface area contributed by atoms with Crippen LogP contribution in [0.5, 0.6) is 11.5 Å². The van der Waals surface area contributed by atoms with Gasteiger partial charge >= 0.3 is 6.36 Å². The molecule has 4 fully saturated rings. The minimum atomic E-state index is -4.64. The Bertz CT molecular complexity index is 1200. The van der Waals surface area contributed by atoms with E-state index in [0.717, 1.165) is 6.07 Å². The Morgan fingerprint density at radius 1 is 1.22 bits per heavy atom. The van der Waals surface area contributed by atoms with Gasteiger partial charge in [-0.25, -0.2) is 4.39 Å². The van der Waals surface area contributed by atoms with Crippen molar-refractivity contribution < 1.29 is 41.7 Å². The molecule has 0 spiro atoms. The third-order valence-corrected chi connectivity index (χ3v) is 7.79. The van der Waals surface area contributed by atoms with Gasteiger partial charge in [0.2, 0.25) is 0 Å². The zero-order chi connectivity index (χ0) is 25.5. The third-order valence-electron chi connectivity index (χ3n) is 7.50. The Kier molecular flexibility index (Phi) is 5.27. The van der Waals surface area contributed by atoms with Gasteiger partial charge in [-0.1, -0.05) is 11.6 Å². The van der Waals surface area contributed by atoms with Gasteiger partial charge in [0.05, 0.1) is 35.2 Å². The third kappa shape index (κ3) is 4.08. The molecule has 2 bridgehead atoms. The van der Waals surface area contributed by atoms with Gasteiger partial charge in [0.1, 0.15) is 17.7 Å². The van der Waals surface area contributed by atoms with Crippen molar-refractivity contribution in [3.05, 3.63) is 40.9 Å². The number of aliphatic hydroxyl groups is 1. The number of aliphatic hydroxyl groups excluding tert-OH is 1. The standard InChI is InChI=1S/C23H22ClF4N3O5/c24-15-3-14-17(32)5-19(35-18(14)4-16(15)25)20(33)30-21-8-22(9-21,10-21)31-7-13(6-29-31)34-11-1-12(2-11)36-23(26,27)28/h3-4,6-7,11-12,17,19,32H,1-2,5,8-10H2,(H,30,33)/t11?,12?,17-,19-,21?,22?/m1/s1. The van der Waals surface area contributed by atoms with Crippen LogP contribution in [0.15, 0.2) is 24.5 Å². The molecule has 4 saturated carbocycles. The molecular weight excluding hydrogens is 510 g/mol. The number of amides is 1. The summed E-state index contributed by atoms with van der Waals surface area (Å²) in [5.41, 5.74) is -0.313. The fraction of sp³-hybridized carbons (Fsp3) is 0.565. The van der Waals surface area contributed by atoms with Crippen molar-refractivity contribution in [2.45, 2.75) is 80.4 Å². The van der Waals surface area contributed by atoms with Gasteiger partial charge in [0, 0.05) is 36.4 Å². The molecule has 1 aromatic carbocycles. The van der Waals surface area contributed by atoms with Crippen molar-refractivity contribution in [2.75, 3.05) is 0 Å². The highest BCUT2D eigenvalue weighted by Gasteiger charge is 2.70. The molecule has 1 amide bonds. The molecule has 0 saturated heterocycles. The van der Waals surface area contributed by atoms with Gasteiger partial charge in [0.15, 0.2) is 11.9 Å². The number of nitrogens with one attached hydrogen (secondary N) is 1. The molecule has 8 nitrogen and oxygen atoms in total. The van der Waals surface area contributed by atoms with Crippen LogP contribution in [0, 0.1) is 5.82 Å². The summed E-state index contributed by atoms with van der Waals surface area (Å²) in [6.07, 6.45) is -2.31. The Labute approximate surface area is 207 Å². The van der Waals surface area contributed by atoms with E-state index in [9.17, 15) is 27.5 Å². The first-order chi connectivity index (χ1) is 16.9. The van der Waals surface area contributed by atoms with Crippen LogP contribution in [0.3, 0.4) is 0 Å². The topological polar surface area (TPSA) is 94.8 Å². The molecule has 5 aliphatic rings. The number of hydrogen-bond acceptors (Lipinski definition) is 6. The normalized spacial score (nSPS) is 34.4. The Morgan fingerprint density at radius 2 is 1.94 bits per heavy atom. The van der Waals surface area contributed by atoms with Crippen molar-refractivity contribution in [1.82, 2.24) is 15.1 Å². The van der Waals surface area contributed by atoms with Crippen LogP contribution in [-0.2, 0) is 15.1 Å². The highest BCUT2D eigenvalue weighted by molar-refractivity contribution is 6.30. The summed E-state index contributed by atoms with van der Waals surface area (Å²) >= 11 is 5.78. The maximum atomic E-state index is 13.8. The molecule has 2 heterocycles. The number of carbonyl (C=O) groups excluding carboxylic acids is 1. The SMILES string of the molecule is O=C(NC12CC(n3cc(OC4CC(OC(F)(F)F)C4)cn3)(C1)C2)[C@H]1C[C@@H](O)c2cc(Cl)c(F)cc2O1. The summed E-state index contributed by atoms with van der Waals surface area (Å²) in [7, 11) is 0. The van der Waals surface area contributed by atoms with E-state index >= 15 is 0 Å². The summed E-state index contributed by atoms with van der Waals surface area (Å²) in [5.74, 6) is -0.506. The Morgan fingerprint density at radius 3 is 2.64 bits per heavy atom. The minimum Gasteiger partial charge on any atom is -0.487 e. The molecule has 13 heteroatoms. The molecular formula is C23H22ClF4N3O5. The second kappa shape index (κ2) is 7.96. The lowest BCUT2D eigenvalue weighted by Gasteiger charge is -2.70. The first kappa shape index (κ1) is 23.8. The molecule has 2 atom stereocenters. The van der Waals surface area contributed by atoms with Gasteiger partial charge < -0.3 is 19.9 Å². The lowest BCUT2D eigenvalue weighted by molar-refractivity contribution is -0.355. The van der Waals surface area contributed by atoms with Crippen molar-refractivity contribution in [3.8, 4) is 11.5 Å². The van der Waals surface area contributed by atoms with E-state index in [1.807, 2.05) is 0 Å². The number of benzene rings is 1. The fourth-order valence-corrected chi connectivity index (χ4v) is 5.94. The first-order valence-corrected chi connectivity index (χ1v) is 11.9. The summed E-state index contributed by atoms with van der Waals surface area (Å²) in [6, 6.07) is 2.37. The number of carbonyl (C=O) groups is 1. The number of halogens is 5. The van der Waals surface area contributed by atoms with Crippen molar-refractivity contribution in [1.29, 1.82) is 0 Å². The van der Waals surface area contributed by atoms with Crippen molar-refractivity contribution >= 4 is 17.5 Å². The zero-order valence-corrected chi connectivity index (χ0v) is 19.5. The highest BCUT2D eigenvalue weighted by atomic mass is 35.5. The molecule has 4 aliphatic carbocycles. The molecule has 36 heavy (non-hydrogen) atoms. The number of aromatic nitrogens is 2. The Balaban J connectivity index is 1.01. The lowest BCUT2D eigenvalue weighted by Crippen LogP contribution is -2.79. The first-order valence-electron chi connectivity index (χ1n) is 11.5. The Hall–Kier alpha value is -2.57. The monoisotopic (exact) mass is 531 g/mol. The predicted octanol–water partition coefficient (Wildman–Crippen LogP) is 3.75. The average molecular weight is 532 g/mol. The second-order valence-corrected chi connectivity index (χ2v) is 10.6. The van der Waals surface area contributed by atoms with Gasteiger partial charge in [-0.15, -0.1) is 13.2 Å². The largest absolute Gasteiger partial charge is 0.522 e. The second-order valence-electron chi connectivity index (χ2n) is 10.2. The van der Waals surface area contributed by atoms with E-state index in [0.29, 0.717) is 30.6 Å². The fourth-order valence-electron chi connectivity index (χ4n) is 5.77. The number of ether oxygens (including phenoxy) is 3. The van der Waals surface area contributed by atoms with Gasteiger partial charge in [-0.3, -0.25) is 14.2 Å². The van der Waals surface area contributed by atoms with Crippen LogP contribution in [-0.4, -0.2) is 51.0 Å². The predicted molar refractivity (Wildman–Crippen MR) is 115 cm³/mol. The number of hydrogen-bond donors (Lipinski definition) is 2. The summed E-state index contributed by atoms with van der Waals surface area (Å²) in [5, 5.41) is 17.6. The quantitative estimate of drug-likeness (QED) is 0.551. The minimum absolute atomic E-state index is 0.0257. The molecule has 2 aromatic rings. The van der Waals surface area contributed by atoms with Gasteiger partial charge in [0.25, 0.3) is 5.91 Å². The molecule has 194 valence electrons. The van der Waals surface area contributed by atoms with Crippen molar-refractivity contribution in [3.63, 3.8) is 0 Å². The van der Waals surface area contributed by atoms with Crippen LogP contribution >= 0.6 is 11.6 Å². The lowest BCUT2D eigenvalue weighted by atomic mass is 9.44. The number of fused-ring (bicyclic) bond motifs is 1.